The largest absolute Gasteiger partial charge is 0.409 e. The summed E-state index contributed by atoms with van der Waals surface area (Å²) in [6.45, 7) is -0.00436. The van der Waals surface area contributed by atoms with Crippen molar-refractivity contribution in [3.63, 3.8) is 0 Å². The quantitative estimate of drug-likeness (QED) is 0.305. The van der Waals surface area contributed by atoms with Gasteiger partial charge in [-0.2, -0.15) is 0 Å². The Balaban J connectivity index is 2.66. The van der Waals surface area contributed by atoms with Crippen LogP contribution in [0.3, 0.4) is 0 Å². The first-order valence-corrected chi connectivity index (χ1v) is 6.15. The molecular weight excluding hydrogens is 249 g/mol. The van der Waals surface area contributed by atoms with Gasteiger partial charge < -0.3 is 10.9 Å². The van der Waals surface area contributed by atoms with Gasteiger partial charge in [-0.3, -0.25) is 0 Å². The van der Waals surface area contributed by atoms with E-state index in [0.29, 0.717) is 0 Å². The average molecular weight is 261 g/mol. The van der Waals surface area contributed by atoms with E-state index in [1.807, 2.05) is 0 Å². The molecule has 0 aliphatic heterocycles. The lowest BCUT2D eigenvalue weighted by atomic mass is 10.4. The minimum Gasteiger partial charge on any atom is -0.409 e. The van der Waals surface area contributed by atoms with Crippen LogP contribution in [0.25, 0.3) is 0 Å². The molecular formula is C9H12FN3O3S. The molecule has 0 aromatic heterocycles. The predicted molar refractivity (Wildman–Crippen MR) is 59.6 cm³/mol. The van der Waals surface area contributed by atoms with Crippen LogP contribution in [0.2, 0.25) is 0 Å². The maximum Gasteiger partial charge on any atom is 0.240 e. The van der Waals surface area contributed by atoms with Gasteiger partial charge in [-0.25, -0.2) is 17.5 Å². The van der Waals surface area contributed by atoms with Crippen molar-refractivity contribution in [3.05, 3.63) is 30.1 Å². The highest BCUT2D eigenvalue weighted by Crippen LogP contribution is 2.09. The number of amidine groups is 1. The summed E-state index contributed by atoms with van der Waals surface area (Å²) in [7, 11) is -3.69. The van der Waals surface area contributed by atoms with Gasteiger partial charge in [0.25, 0.3) is 0 Å². The van der Waals surface area contributed by atoms with E-state index >= 15 is 0 Å². The molecule has 0 aliphatic carbocycles. The van der Waals surface area contributed by atoms with Crippen molar-refractivity contribution in [1.82, 2.24) is 4.72 Å². The van der Waals surface area contributed by atoms with Crippen LogP contribution in [0.5, 0.6) is 0 Å². The SMILES string of the molecule is NC(CCNS(=O)(=O)c1ccc(F)cc1)=NO. The Hall–Kier alpha value is -1.67. The molecule has 0 unspecified atom stereocenters. The number of benzene rings is 1. The fourth-order valence-electron chi connectivity index (χ4n) is 1.06. The number of nitrogens with two attached hydrogens (primary N) is 1. The Morgan fingerprint density at radius 1 is 1.41 bits per heavy atom. The van der Waals surface area contributed by atoms with Crippen molar-refractivity contribution in [3.8, 4) is 0 Å². The molecule has 0 saturated carbocycles. The fraction of sp³-hybridized carbons (Fsp3) is 0.222. The topological polar surface area (TPSA) is 105 Å². The zero-order chi connectivity index (χ0) is 12.9. The fourth-order valence-corrected chi connectivity index (χ4v) is 2.09. The minimum absolute atomic E-state index is 0.00436. The lowest BCUT2D eigenvalue weighted by molar-refractivity contribution is 0.317. The molecule has 4 N–H and O–H groups in total. The number of nitrogens with one attached hydrogen (secondary N) is 1. The number of sulfonamides is 1. The summed E-state index contributed by atoms with van der Waals surface area (Å²) in [4.78, 5) is -0.0431. The van der Waals surface area contributed by atoms with Crippen molar-refractivity contribution in [1.29, 1.82) is 0 Å². The molecule has 0 radical (unpaired) electrons. The van der Waals surface area contributed by atoms with E-state index in [0.717, 1.165) is 24.3 Å². The summed E-state index contributed by atoms with van der Waals surface area (Å²) in [6.07, 6.45) is 0.0803. The third-order valence-electron chi connectivity index (χ3n) is 1.93. The van der Waals surface area contributed by atoms with Crippen molar-refractivity contribution >= 4 is 15.9 Å². The van der Waals surface area contributed by atoms with Crippen LogP contribution < -0.4 is 10.5 Å². The van der Waals surface area contributed by atoms with E-state index in [4.69, 9.17) is 10.9 Å². The monoisotopic (exact) mass is 261 g/mol. The van der Waals surface area contributed by atoms with E-state index < -0.39 is 15.8 Å². The van der Waals surface area contributed by atoms with Crippen LogP contribution in [-0.4, -0.2) is 26.0 Å². The minimum atomic E-state index is -3.69. The molecule has 17 heavy (non-hydrogen) atoms. The molecule has 1 aromatic rings. The highest BCUT2D eigenvalue weighted by atomic mass is 32.2. The summed E-state index contributed by atoms with van der Waals surface area (Å²) < 4.78 is 38.1. The maximum absolute atomic E-state index is 12.6. The molecule has 0 fully saturated rings. The average Bonchev–Trinajstić information content (AvgIpc) is 2.29. The summed E-state index contributed by atoms with van der Waals surface area (Å²) in [5.74, 6) is -0.590. The van der Waals surface area contributed by atoms with E-state index in [1.165, 1.54) is 0 Å². The summed E-state index contributed by atoms with van der Waals surface area (Å²) in [5, 5.41) is 11.0. The first-order valence-electron chi connectivity index (χ1n) is 4.67. The molecule has 8 heteroatoms. The van der Waals surface area contributed by atoms with Crippen LogP contribution in [0.1, 0.15) is 6.42 Å². The first-order chi connectivity index (χ1) is 7.95. The number of rotatable bonds is 5. The standard InChI is InChI=1S/C9H12FN3O3S/c10-7-1-3-8(4-2-7)17(15,16)12-6-5-9(11)13-14/h1-4,12,14H,5-6H2,(H2,11,13). The van der Waals surface area contributed by atoms with Gasteiger partial charge in [0.1, 0.15) is 11.7 Å². The summed E-state index contributed by atoms with van der Waals surface area (Å²) >= 11 is 0. The molecule has 0 heterocycles. The van der Waals surface area contributed by atoms with E-state index in [1.54, 1.807) is 0 Å². The Morgan fingerprint density at radius 3 is 2.53 bits per heavy atom. The normalized spacial score (nSPS) is 12.6. The molecule has 1 rings (SSSR count). The van der Waals surface area contributed by atoms with Crippen molar-refractivity contribution < 1.29 is 18.0 Å². The molecule has 0 atom stereocenters. The predicted octanol–water partition coefficient (Wildman–Crippen LogP) is 0.240. The summed E-state index contributed by atoms with van der Waals surface area (Å²) in [6, 6.07) is 4.42. The lowest BCUT2D eigenvalue weighted by Gasteiger charge is -2.05. The van der Waals surface area contributed by atoms with Crippen LogP contribution in [0.4, 0.5) is 4.39 Å². The van der Waals surface area contributed by atoms with Crippen LogP contribution >= 0.6 is 0 Å². The maximum atomic E-state index is 12.6. The van der Waals surface area contributed by atoms with E-state index in [2.05, 4.69) is 9.88 Å². The molecule has 0 amide bonds. The molecule has 0 spiro atoms. The zero-order valence-corrected chi connectivity index (χ0v) is 9.61. The molecule has 94 valence electrons. The number of halogens is 1. The highest BCUT2D eigenvalue weighted by Gasteiger charge is 2.13. The van der Waals surface area contributed by atoms with Crippen LogP contribution in [-0.2, 0) is 10.0 Å². The van der Waals surface area contributed by atoms with Gasteiger partial charge in [-0.15, -0.1) is 0 Å². The van der Waals surface area contributed by atoms with Gasteiger partial charge in [0.2, 0.25) is 10.0 Å². The van der Waals surface area contributed by atoms with Gasteiger partial charge in [-0.1, -0.05) is 5.16 Å². The molecule has 6 nitrogen and oxygen atoms in total. The Bertz CT molecular complexity index is 499. The number of nitrogens with zero attached hydrogens (tertiary/aromatic N) is 1. The van der Waals surface area contributed by atoms with Crippen LogP contribution in [0.15, 0.2) is 34.3 Å². The second kappa shape index (κ2) is 5.60. The third kappa shape index (κ3) is 4.00. The Morgan fingerprint density at radius 2 is 2.00 bits per heavy atom. The van der Waals surface area contributed by atoms with Crippen molar-refractivity contribution in [2.24, 2.45) is 10.9 Å². The number of hydrogen-bond donors (Lipinski definition) is 3. The van der Waals surface area contributed by atoms with E-state index in [-0.39, 0.29) is 23.7 Å². The van der Waals surface area contributed by atoms with Gasteiger partial charge in [-0.05, 0) is 24.3 Å². The number of hydrogen-bond acceptors (Lipinski definition) is 4. The molecule has 0 bridgehead atoms. The zero-order valence-electron chi connectivity index (χ0n) is 8.80. The summed E-state index contributed by atoms with van der Waals surface area (Å²) in [5.41, 5.74) is 5.18. The van der Waals surface area contributed by atoms with Crippen molar-refractivity contribution in [2.75, 3.05) is 6.54 Å². The first kappa shape index (κ1) is 13.4. The molecule has 1 aromatic carbocycles. The highest BCUT2D eigenvalue weighted by molar-refractivity contribution is 7.89. The second-order valence-electron chi connectivity index (χ2n) is 3.19. The van der Waals surface area contributed by atoms with Crippen LogP contribution in [0, 0.1) is 5.82 Å². The van der Waals surface area contributed by atoms with Gasteiger partial charge in [0.15, 0.2) is 0 Å². The molecule has 0 aliphatic rings. The van der Waals surface area contributed by atoms with E-state index in [9.17, 15) is 12.8 Å². The molecule has 0 saturated heterocycles. The Labute approximate surface area is 98.0 Å². The second-order valence-corrected chi connectivity index (χ2v) is 4.96. The van der Waals surface area contributed by atoms with Gasteiger partial charge in [0.05, 0.1) is 4.90 Å². The third-order valence-corrected chi connectivity index (χ3v) is 3.40. The lowest BCUT2D eigenvalue weighted by Crippen LogP contribution is -2.28. The Kier molecular flexibility index (Phi) is 4.41. The van der Waals surface area contributed by atoms with Gasteiger partial charge in [0, 0.05) is 13.0 Å². The number of oxime groups is 1. The van der Waals surface area contributed by atoms with Gasteiger partial charge >= 0.3 is 0 Å². The van der Waals surface area contributed by atoms with Crippen molar-refractivity contribution in [2.45, 2.75) is 11.3 Å². The smallest absolute Gasteiger partial charge is 0.240 e.